The second-order valence-electron chi connectivity index (χ2n) is 7.61. The van der Waals surface area contributed by atoms with Crippen LogP contribution in [-0.2, 0) is 5.75 Å². The van der Waals surface area contributed by atoms with Crippen molar-refractivity contribution >= 4 is 62.2 Å². The molecule has 0 radical (unpaired) electrons. The molecule has 13 heteroatoms. The van der Waals surface area contributed by atoms with E-state index in [4.69, 9.17) is 4.74 Å². The predicted molar refractivity (Wildman–Crippen MR) is 133 cm³/mol. The van der Waals surface area contributed by atoms with Crippen LogP contribution in [-0.4, -0.2) is 33.8 Å². The molecule has 0 saturated carbocycles. The summed E-state index contributed by atoms with van der Waals surface area (Å²) in [6.07, 6.45) is 0. The molecule has 0 N–H and O–H groups in total. The average molecular weight is 523 g/mol. The smallest absolute Gasteiger partial charge is 0.270 e. The Bertz CT molecular complexity index is 1600. The van der Waals surface area contributed by atoms with Crippen molar-refractivity contribution in [2.24, 2.45) is 0 Å². The molecule has 180 valence electrons. The maximum absolute atomic E-state index is 12.9. The van der Waals surface area contributed by atoms with Gasteiger partial charge < -0.3 is 4.74 Å². The van der Waals surface area contributed by atoms with Crippen LogP contribution in [0.4, 0.5) is 17.1 Å². The van der Waals surface area contributed by atoms with Gasteiger partial charge in [-0.3, -0.25) is 29.8 Å². The number of thioether (sulfide) groups is 1. The van der Waals surface area contributed by atoms with Crippen LogP contribution < -0.4 is 9.64 Å². The number of hydrogen-bond donors (Lipinski definition) is 0. The molecule has 4 aromatic rings. The van der Waals surface area contributed by atoms with Crippen LogP contribution in [0.1, 0.15) is 26.3 Å². The minimum Gasteiger partial charge on any atom is -0.496 e. The lowest BCUT2D eigenvalue weighted by Crippen LogP contribution is -2.29. The Morgan fingerprint density at radius 1 is 0.944 bits per heavy atom. The SMILES string of the molecule is COc1ccc([N+](=O)[O-])cc1CSc1nc2ccc(N3C(=O)c4ccc([N+](=O)[O-])cc4C3=O)cc2s1. The Morgan fingerprint density at radius 2 is 1.64 bits per heavy atom. The molecule has 0 aliphatic carbocycles. The Hall–Kier alpha value is -4.36. The van der Waals surface area contributed by atoms with Gasteiger partial charge in [0.2, 0.25) is 0 Å². The van der Waals surface area contributed by atoms with Crippen molar-refractivity contribution < 1.29 is 24.2 Å². The standard InChI is InChI=1S/C23H14N4O7S2/c1-34-19-7-4-14(26(30)31)8-12(19)11-35-23-24-18-6-3-13(10-20(18)36-23)25-21(28)16-5-2-15(27(32)33)9-17(16)22(25)29/h2-10H,11H2,1H3. The normalized spacial score (nSPS) is 12.8. The molecule has 3 aromatic carbocycles. The topological polar surface area (TPSA) is 146 Å². The number of ether oxygens (including phenoxy) is 1. The van der Waals surface area contributed by atoms with Crippen LogP contribution >= 0.6 is 23.1 Å². The van der Waals surface area contributed by atoms with E-state index in [9.17, 15) is 29.8 Å². The van der Waals surface area contributed by atoms with Crippen LogP contribution in [0.5, 0.6) is 5.75 Å². The van der Waals surface area contributed by atoms with E-state index in [1.54, 1.807) is 24.3 Å². The third-order valence-corrected chi connectivity index (χ3v) is 7.73. The molecule has 0 spiro atoms. The summed E-state index contributed by atoms with van der Waals surface area (Å²) in [6.45, 7) is 0. The van der Waals surface area contributed by atoms with Crippen molar-refractivity contribution in [3.63, 3.8) is 0 Å². The zero-order chi connectivity index (χ0) is 25.6. The van der Waals surface area contributed by atoms with E-state index >= 15 is 0 Å². The number of fused-ring (bicyclic) bond motifs is 2. The van der Waals surface area contributed by atoms with Gasteiger partial charge in [-0.1, -0.05) is 11.8 Å². The van der Waals surface area contributed by atoms with Crippen molar-refractivity contribution in [3.8, 4) is 5.75 Å². The number of rotatable bonds is 7. The van der Waals surface area contributed by atoms with Gasteiger partial charge in [0.1, 0.15) is 5.75 Å². The summed E-state index contributed by atoms with van der Waals surface area (Å²) in [4.78, 5) is 52.5. The van der Waals surface area contributed by atoms with Gasteiger partial charge in [0, 0.05) is 35.6 Å². The van der Waals surface area contributed by atoms with Crippen molar-refractivity contribution in [1.82, 2.24) is 4.98 Å². The third kappa shape index (κ3) is 4.03. The second kappa shape index (κ2) is 9.02. The fraction of sp³-hybridized carbons (Fsp3) is 0.0870. The lowest BCUT2D eigenvalue weighted by atomic mass is 10.1. The number of carbonyl (C=O) groups is 2. The molecule has 1 aromatic heterocycles. The monoisotopic (exact) mass is 522 g/mol. The predicted octanol–water partition coefficient (Wildman–Crippen LogP) is 5.21. The number of nitro groups is 2. The largest absolute Gasteiger partial charge is 0.496 e. The number of carbonyl (C=O) groups excluding carboxylic acids is 2. The van der Waals surface area contributed by atoms with Gasteiger partial charge in [-0.2, -0.15) is 0 Å². The molecule has 5 rings (SSSR count). The number of methoxy groups -OCH3 is 1. The number of nitro benzene ring substituents is 2. The molecule has 0 bridgehead atoms. The van der Waals surface area contributed by atoms with Crippen molar-refractivity contribution in [2.75, 3.05) is 12.0 Å². The summed E-state index contributed by atoms with van der Waals surface area (Å²) in [5.41, 5.74) is 1.43. The van der Waals surface area contributed by atoms with E-state index in [-0.39, 0.29) is 22.5 Å². The molecular weight excluding hydrogens is 508 g/mol. The summed E-state index contributed by atoms with van der Waals surface area (Å²) in [5, 5.41) is 22.2. The highest BCUT2D eigenvalue weighted by Gasteiger charge is 2.38. The molecule has 0 fully saturated rings. The maximum Gasteiger partial charge on any atom is 0.270 e. The van der Waals surface area contributed by atoms with Crippen LogP contribution in [0.3, 0.4) is 0 Å². The number of nitrogens with zero attached hydrogens (tertiary/aromatic N) is 4. The number of aromatic nitrogens is 1. The number of amides is 2. The lowest BCUT2D eigenvalue weighted by Gasteiger charge is -2.13. The van der Waals surface area contributed by atoms with Gasteiger partial charge in [0.25, 0.3) is 23.2 Å². The van der Waals surface area contributed by atoms with Crippen molar-refractivity contribution in [3.05, 3.63) is 91.5 Å². The Labute approximate surface area is 210 Å². The molecule has 2 heterocycles. The fourth-order valence-electron chi connectivity index (χ4n) is 3.80. The van der Waals surface area contributed by atoms with E-state index in [1.165, 1.54) is 54.5 Å². The molecule has 2 amide bonds. The van der Waals surface area contributed by atoms with Gasteiger partial charge >= 0.3 is 0 Å². The summed E-state index contributed by atoms with van der Waals surface area (Å²) < 4.78 is 6.72. The molecule has 0 atom stereocenters. The van der Waals surface area contributed by atoms with E-state index in [2.05, 4.69) is 4.98 Å². The zero-order valence-corrected chi connectivity index (χ0v) is 20.0. The lowest BCUT2D eigenvalue weighted by molar-refractivity contribution is -0.385. The van der Waals surface area contributed by atoms with Crippen LogP contribution in [0.25, 0.3) is 10.2 Å². The number of thiazole rings is 1. The maximum atomic E-state index is 12.9. The fourth-order valence-corrected chi connectivity index (χ4v) is 5.88. The average Bonchev–Trinajstić information content (AvgIpc) is 3.39. The number of hydrogen-bond acceptors (Lipinski definition) is 10. The quantitative estimate of drug-likeness (QED) is 0.138. The minimum atomic E-state index is -0.630. The van der Waals surface area contributed by atoms with E-state index in [0.29, 0.717) is 32.6 Å². The van der Waals surface area contributed by atoms with Gasteiger partial charge in [0.15, 0.2) is 4.34 Å². The summed E-state index contributed by atoms with van der Waals surface area (Å²) in [7, 11) is 1.49. The summed E-state index contributed by atoms with van der Waals surface area (Å²) in [6, 6.07) is 12.9. The molecule has 36 heavy (non-hydrogen) atoms. The molecule has 1 aliphatic heterocycles. The van der Waals surface area contributed by atoms with Crippen molar-refractivity contribution in [2.45, 2.75) is 10.1 Å². The minimum absolute atomic E-state index is 0.0132. The van der Waals surface area contributed by atoms with Gasteiger partial charge in [0.05, 0.1) is 44.0 Å². The third-order valence-electron chi connectivity index (χ3n) is 5.52. The number of anilines is 1. The first kappa shape index (κ1) is 23.4. The highest BCUT2D eigenvalue weighted by Crippen LogP contribution is 2.37. The van der Waals surface area contributed by atoms with E-state index in [1.807, 2.05) is 0 Å². The Morgan fingerprint density at radius 3 is 2.36 bits per heavy atom. The van der Waals surface area contributed by atoms with Gasteiger partial charge in [-0.25, -0.2) is 9.88 Å². The van der Waals surface area contributed by atoms with Crippen LogP contribution in [0.15, 0.2) is 58.9 Å². The highest BCUT2D eigenvalue weighted by molar-refractivity contribution is 8.00. The van der Waals surface area contributed by atoms with Gasteiger partial charge in [-0.15, -0.1) is 11.3 Å². The highest BCUT2D eigenvalue weighted by atomic mass is 32.2. The van der Waals surface area contributed by atoms with Crippen LogP contribution in [0.2, 0.25) is 0 Å². The molecule has 0 saturated heterocycles. The number of non-ortho nitro benzene ring substituents is 2. The Balaban J connectivity index is 1.40. The molecule has 11 nitrogen and oxygen atoms in total. The summed E-state index contributed by atoms with van der Waals surface area (Å²) >= 11 is 2.72. The molecule has 1 aliphatic rings. The first-order chi connectivity index (χ1) is 17.3. The summed E-state index contributed by atoms with van der Waals surface area (Å²) in [5.74, 6) is -0.271. The first-order valence-electron chi connectivity index (χ1n) is 10.3. The van der Waals surface area contributed by atoms with E-state index in [0.717, 1.165) is 15.7 Å². The molecule has 0 unspecified atom stereocenters. The molecular formula is C23H14N4O7S2. The second-order valence-corrected chi connectivity index (χ2v) is 9.86. The zero-order valence-electron chi connectivity index (χ0n) is 18.4. The first-order valence-corrected chi connectivity index (χ1v) is 12.1. The number of imide groups is 1. The van der Waals surface area contributed by atoms with Crippen LogP contribution in [0, 0.1) is 20.2 Å². The van der Waals surface area contributed by atoms with E-state index < -0.39 is 21.7 Å². The number of benzene rings is 3. The van der Waals surface area contributed by atoms with Crippen molar-refractivity contribution in [1.29, 1.82) is 0 Å². The Kier molecular flexibility index (Phi) is 5.86. The van der Waals surface area contributed by atoms with Gasteiger partial charge in [-0.05, 0) is 30.3 Å².